The Morgan fingerprint density at radius 3 is 2.43 bits per heavy atom. The van der Waals surface area contributed by atoms with Crippen LogP contribution in [-0.4, -0.2) is 19.1 Å². The van der Waals surface area contributed by atoms with Gasteiger partial charge in [0.2, 0.25) is 5.91 Å². The second-order valence-electron chi connectivity index (χ2n) is 6.09. The largest absolute Gasteiger partial charge is 0.497 e. The number of ether oxygens (including phenoxy) is 1. The molecule has 124 valence electrons. The molecule has 0 aliphatic heterocycles. The van der Waals surface area contributed by atoms with E-state index < -0.39 is 0 Å². The van der Waals surface area contributed by atoms with Crippen LogP contribution in [0.2, 0.25) is 0 Å². The average Bonchev–Trinajstić information content (AvgIpc) is 3.02. The summed E-state index contributed by atoms with van der Waals surface area (Å²) in [7, 11) is 1.64. The Labute approximate surface area is 137 Å². The van der Waals surface area contributed by atoms with Gasteiger partial charge >= 0.3 is 0 Å². The number of rotatable bonds is 7. The number of carbonyl (C=O) groups excluding carboxylic acids is 1. The predicted octanol–water partition coefficient (Wildman–Crippen LogP) is 4.05. The van der Waals surface area contributed by atoms with Crippen LogP contribution in [0.25, 0.3) is 11.3 Å². The summed E-state index contributed by atoms with van der Waals surface area (Å²) in [5.41, 5.74) is 0.995. The van der Waals surface area contributed by atoms with Gasteiger partial charge in [-0.2, -0.15) is 0 Å². The number of hydrogen-bond acceptors (Lipinski definition) is 3. The summed E-state index contributed by atoms with van der Waals surface area (Å²) in [4.78, 5) is 11.9. The van der Waals surface area contributed by atoms with Crippen molar-refractivity contribution in [1.82, 2.24) is 5.32 Å². The molecule has 4 heteroatoms. The van der Waals surface area contributed by atoms with E-state index in [1.54, 1.807) is 7.11 Å². The first-order chi connectivity index (χ1) is 11.0. The van der Waals surface area contributed by atoms with Crippen LogP contribution in [-0.2, 0) is 11.2 Å². The normalized spacial score (nSPS) is 12.2. The number of furan rings is 1. The number of hydrogen-bond donors (Lipinski definition) is 1. The highest BCUT2D eigenvalue weighted by atomic mass is 16.5. The molecule has 0 bridgehead atoms. The maximum atomic E-state index is 11.9. The van der Waals surface area contributed by atoms with E-state index in [1.807, 2.05) is 43.3 Å². The summed E-state index contributed by atoms with van der Waals surface area (Å²) in [6.45, 7) is 6.22. The third-order valence-electron chi connectivity index (χ3n) is 4.02. The standard InChI is InChI=1S/C19H25NO3/c1-13(2)14(3)20-19(21)12-10-17-9-11-18(23-17)15-5-7-16(22-4)8-6-15/h5-9,11,13-14H,10,12H2,1-4H3,(H,20,21). The Bertz CT molecular complexity index is 628. The van der Waals surface area contributed by atoms with E-state index in [0.717, 1.165) is 22.8 Å². The average molecular weight is 315 g/mol. The fourth-order valence-electron chi connectivity index (χ4n) is 2.15. The molecule has 23 heavy (non-hydrogen) atoms. The van der Waals surface area contributed by atoms with Crippen molar-refractivity contribution in [3.8, 4) is 17.1 Å². The first kappa shape index (κ1) is 17.1. The van der Waals surface area contributed by atoms with Gasteiger partial charge in [-0.15, -0.1) is 0 Å². The minimum Gasteiger partial charge on any atom is -0.497 e. The molecule has 1 aromatic carbocycles. The van der Waals surface area contributed by atoms with Crippen molar-refractivity contribution in [2.75, 3.05) is 7.11 Å². The number of nitrogens with one attached hydrogen (secondary N) is 1. The Kier molecular flexibility index (Phi) is 5.85. The number of aryl methyl sites for hydroxylation is 1. The van der Waals surface area contributed by atoms with Gasteiger partial charge in [-0.05, 0) is 49.2 Å². The molecule has 0 saturated heterocycles. The van der Waals surface area contributed by atoms with E-state index in [1.165, 1.54) is 0 Å². The number of carbonyl (C=O) groups is 1. The fourth-order valence-corrected chi connectivity index (χ4v) is 2.15. The molecule has 0 saturated carbocycles. The van der Waals surface area contributed by atoms with Crippen molar-refractivity contribution in [3.63, 3.8) is 0 Å². The van der Waals surface area contributed by atoms with Crippen LogP contribution >= 0.6 is 0 Å². The molecule has 1 amide bonds. The summed E-state index contributed by atoms with van der Waals surface area (Å²) < 4.78 is 11.0. The lowest BCUT2D eigenvalue weighted by molar-refractivity contribution is -0.122. The van der Waals surface area contributed by atoms with Gasteiger partial charge in [0.05, 0.1) is 7.11 Å². The van der Waals surface area contributed by atoms with Gasteiger partial charge in [0.15, 0.2) is 0 Å². The highest BCUT2D eigenvalue weighted by Crippen LogP contribution is 2.24. The summed E-state index contributed by atoms with van der Waals surface area (Å²) in [6, 6.07) is 11.8. The quantitative estimate of drug-likeness (QED) is 0.838. The zero-order chi connectivity index (χ0) is 16.8. The predicted molar refractivity (Wildman–Crippen MR) is 91.5 cm³/mol. The third kappa shape index (κ3) is 4.88. The molecule has 2 aromatic rings. The molecule has 1 heterocycles. The Morgan fingerprint density at radius 2 is 1.83 bits per heavy atom. The maximum absolute atomic E-state index is 11.9. The van der Waals surface area contributed by atoms with Crippen molar-refractivity contribution < 1.29 is 13.9 Å². The summed E-state index contributed by atoms with van der Waals surface area (Å²) >= 11 is 0. The highest BCUT2D eigenvalue weighted by Gasteiger charge is 2.12. The van der Waals surface area contributed by atoms with Crippen LogP contribution in [0.1, 0.15) is 33.0 Å². The molecule has 1 unspecified atom stereocenters. The summed E-state index contributed by atoms with van der Waals surface area (Å²) in [6.07, 6.45) is 1.04. The lowest BCUT2D eigenvalue weighted by Gasteiger charge is -2.17. The van der Waals surface area contributed by atoms with Gasteiger partial charge in [0, 0.05) is 24.4 Å². The lowest BCUT2D eigenvalue weighted by Crippen LogP contribution is -2.36. The topological polar surface area (TPSA) is 51.5 Å². The van der Waals surface area contributed by atoms with Crippen molar-refractivity contribution >= 4 is 5.91 Å². The molecular formula is C19H25NO3. The van der Waals surface area contributed by atoms with E-state index in [4.69, 9.17) is 9.15 Å². The van der Waals surface area contributed by atoms with Crippen molar-refractivity contribution in [1.29, 1.82) is 0 Å². The Hall–Kier alpha value is -2.23. The van der Waals surface area contributed by atoms with E-state index in [9.17, 15) is 4.79 Å². The van der Waals surface area contributed by atoms with Gasteiger partial charge in [0.1, 0.15) is 17.3 Å². The second-order valence-corrected chi connectivity index (χ2v) is 6.09. The van der Waals surface area contributed by atoms with Gasteiger partial charge in [-0.1, -0.05) is 13.8 Å². The second kappa shape index (κ2) is 7.86. The molecular weight excluding hydrogens is 290 g/mol. The third-order valence-corrected chi connectivity index (χ3v) is 4.02. The number of benzene rings is 1. The van der Waals surface area contributed by atoms with Crippen LogP contribution < -0.4 is 10.1 Å². The molecule has 1 aromatic heterocycles. The van der Waals surface area contributed by atoms with Crippen molar-refractivity contribution in [3.05, 3.63) is 42.2 Å². The summed E-state index contributed by atoms with van der Waals surface area (Å²) in [5, 5.41) is 3.01. The smallest absolute Gasteiger partial charge is 0.220 e. The first-order valence-corrected chi connectivity index (χ1v) is 8.02. The summed E-state index contributed by atoms with van der Waals surface area (Å²) in [5.74, 6) is 2.94. The van der Waals surface area contributed by atoms with Crippen molar-refractivity contribution in [2.45, 2.75) is 39.7 Å². The van der Waals surface area contributed by atoms with E-state index >= 15 is 0 Å². The minimum absolute atomic E-state index is 0.0635. The molecule has 0 fully saturated rings. The number of methoxy groups -OCH3 is 1. The minimum atomic E-state index is 0.0635. The van der Waals surface area contributed by atoms with Gasteiger partial charge < -0.3 is 14.5 Å². The molecule has 0 aliphatic rings. The van der Waals surface area contributed by atoms with Gasteiger partial charge in [-0.3, -0.25) is 4.79 Å². The van der Waals surface area contributed by atoms with Crippen LogP contribution in [0.15, 0.2) is 40.8 Å². The molecule has 0 spiro atoms. The first-order valence-electron chi connectivity index (χ1n) is 8.02. The van der Waals surface area contributed by atoms with Gasteiger partial charge in [0.25, 0.3) is 0 Å². The molecule has 0 radical (unpaired) electrons. The van der Waals surface area contributed by atoms with Crippen LogP contribution in [0, 0.1) is 5.92 Å². The molecule has 1 atom stereocenters. The SMILES string of the molecule is COc1ccc(-c2ccc(CCC(=O)NC(C)C(C)C)o2)cc1. The van der Waals surface area contributed by atoms with Crippen LogP contribution in [0.3, 0.4) is 0 Å². The monoisotopic (exact) mass is 315 g/mol. The zero-order valence-electron chi connectivity index (χ0n) is 14.3. The van der Waals surface area contributed by atoms with Crippen LogP contribution in [0.5, 0.6) is 5.75 Å². The molecule has 4 nitrogen and oxygen atoms in total. The van der Waals surface area contributed by atoms with E-state index in [0.29, 0.717) is 18.8 Å². The fraction of sp³-hybridized carbons (Fsp3) is 0.421. The maximum Gasteiger partial charge on any atom is 0.220 e. The van der Waals surface area contributed by atoms with E-state index in [2.05, 4.69) is 19.2 Å². The lowest BCUT2D eigenvalue weighted by atomic mass is 10.1. The number of amides is 1. The molecule has 1 N–H and O–H groups in total. The zero-order valence-corrected chi connectivity index (χ0v) is 14.3. The van der Waals surface area contributed by atoms with Crippen LogP contribution in [0.4, 0.5) is 0 Å². The van der Waals surface area contributed by atoms with Gasteiger partial charge in [-0.25, -0.2) is 0 Å². The molecule has 2 rings (SSSR count). The molecule has 0 aliphatic carbocycles. The van der Waals surface area contributed by atoms with E-state index in [-0.39, 0.29) is 11.9 Å². The highest BCUT2D eigenvalue weighted by molar-refractivity contribution is 5.76. The Morgan fingerprint density at radius 1 is 1.13 bits per heavy atom. The van der Waals surface area contributed by atoms with Crippen molar-refractivity contribution in [2.24, 2.45) is 5.92 Å². The Balaban J connectivity index is 1.90.